The van der Waals surface area contributed by atoms with Crippen molar-refractivity contribution < 1.29 is 0 Å². The van der Waals surface area contributed by atoms with Gasteiger partial charge in [-0.15, -0.1) is 24.8 Å². The van der Waals surface area contributed by atoms with Gasteiger partial charge in [-0.3, -0.25) is 4.99 Å². The van der Waals surface area contributed by atoms with E-state index >= 15 is 0 Å². The third kappa shape index (κ3) is 8.15. The van der Waals surface area contributed by atoms with E-state index in [1.165, 1.54) is 0 Å². The first-order valence-electron chi connectivity index (χ1n) is 4.00. The van der Waals surface area contributed by atoms with Crippen LogP contribution in [0.1, 0.15) is 27.7 Å². The number of amidine groups is 1. The van der Waals surface area contributed by atoms with Crippen LogP contribution in [0.2, 0.25) is 0 Å². The highest BCUT2D eigenvalue weighted by Crippen LogP contribution is 1.93. The van der Waals surface area contributed by atoms with Crippen molar-refractivity contribution in [3.05, 3.63) is 0 Å². The van der Waals surface area contributed by atoms with Crippen LogP contribution in [0.15, 0.2) is 4.99 Å². The molecule has 0 aromatic rings. The van der Waals surface area contributed by atoms with Crippen LogP contribution in [0.3, 0.4) is 0 Å². The van der Waals surface area contributed by atoms with E-state index in [9.17, 15) is 0 Å². The van der Waals surface area contributed by atoms with Gasteiger partial charge < -0.3 is 5.32 Å². The first kappa shape index (κ1) is 18.0. The van der Waals surface area contributed by atoms with Gasteiger partial charge in [-0.1, -0.05) is 13.8 Å². The molecule has 0 saturated carbocycles. The quantitative estimate of drug-likeness (QED) is 0.567. The molecular weight excluding hydrogens is 195 g/mol. The fourth-order valence-electron chi connectivity index (χ4n) is 0.794. The van der Waals surface area contributed by atoms with Gasteiger partial charge in [0.25, 0.3) is 0 Å². The molecule has 0 saturated heterocycles. The molecule has 1 N–H and O–H groups in total. The first-order valence-corrected chi connectivity index (χ1v) is 4.00. The molecule has 2 nitrogen and oxygen atoms in total. The predicted octanol–water partition coefficient (Wildman–Crippen LogP) is 2.51. The molecule has 0 aromatic heterocycles. The van der Waals surface area contributed by atoms with Gasteiger partial charge in [0.15, 0.2) is 0 Å². The van der Waals surface area contributed by atoms with Crippen LogP contribution in [0.25, 0.3) is 0 Å². The van der Waals surface area contributed by atoms with Gasteiger partial charge in [-0.05, 0) is 13.8 Å². The minimum atomic E-state index is 0. The maximum Gasteiger partial charge on any atom is 0.0988 e. The number of aliphatic imine (C=N–C) groups is 1. The van der Waals surface area contributed by atoms with Gasteiger partial charge in [-0.25, -0.2) is 0 Å². The van der Waals surface area contributed by atoms with E-state index < -0.39 is 0 Å². The standard InChI is InChI=1S/C8H18N2.2ClH/c1-5-9-8(7(3)4)10-6-2;;/h7H,5-6H2,1-4H3,(H,9,10);2*1H. The van der Waals surface area contributed by atoms with Gasteiger partial charge in [0.2, 0.25) is 0 Å². The maximum absolute atomic E-state index is 4.32. The monoisotopic (exact) mass is 214 g/mol. The van der Waals surface area contributed by atoms with E-state index in [0.29, 0.717) is 5.92 Å². The Hall–Kier alpha value is 0.0500. The summed E-state index contributed by atoms with van der Waals surface area (Å²) in [6.45, 7) is 10.3. The molecule has 0 fully saturated rings. The minimum absolute atomic E-state index is 0. The van der Waals surface area contributed by atoms with Crippen LogP contribution in [-0.2, 0) is 0 Å². The number of rotatable bonds is 3. The molecular formula is C8H20Cl2N2. The predicted molar refractivity (Wildman–Crippen MR) is 61.0 cm³/mol. The average Bonchev–Trinajstić information content (AvgIpc) is 1.87. The third-order valence-electron chi connectivity index (χ3n) is 1.23. The summed E-state index contributed by atoms with van der Waals surface area (Å²) in [6.07, 6.45) is 0. The Morgan fingerprint density at radius 3 is 2.00 bits per heavy atom. The molecule has 12 heavy (non-hydrogen) atoms. The molecule has 0 bridgehead atoms. The highest BCUT2D eigenvalue weighted by atomic mass is 35.5. The van der Waals surface area contributed by atoms with Crippen molar-refractivity contribution in [3.8, 4) is 0 Å². The fraction of sp³-hybridized carbons (Fsp3) is 0.875. The first-order chi connectivity index (χ1) is 4.72. The van der Waals surface area contributed by atoms with Gasteiger partial charge in [0.05, 0.1) is 5.84 Å². The van der Waals surface area contributed by atoms with E-state index in [4.69, 9.17) is 0 Å². The van der Waals surface area contributed by atoms with Gasteiger partial charge in [0, 0.05) is 19.0 Å². The topological polar surface area (TPSA) is 24.4 Å². The fourth-order valence-corrected chi connectivity index (χ4v) is 0.794. The van der Waals surface area contributed by atoms with E-state index in [0.717, 1.165) is 18.9 Å². The number of nitrogens with zero attached hydrogens (tertiary/aromatic N) is 1. The van der Waals surface area contributed by atoms with E-state index in [-0.39, 0.29) is 24.8 Å². The Bertz CT molecular complexity index is 114. The Balaban J connectivity index is -0.000000405. The largest absolute Gasteiger partial charge is 0.374 e. The zero-order valence-electron chi connectivity index (χ0n) is 8.26. The van der Waals surface area contributed by atoms with Crippen molar-refractivity contribution in [2.75, 3.05) is 13.1 Å². The normalized spacial score (nSPS) is 10.2. The molecule has 0 heterocycles. The van der Waals surface area contributed by atoms with Gasteiger partial charge in [-0.2, -0.15) is 0 Å². The van der Waals surface area contributed by atoms with Crippen molar-refractivity contribution >= 4 is 30.6 Å². The molecule has 0 unspecified atom stereocenters. The summed E-state index contributed by atoms with van der Waals surface area (Å²) in [6, 6.07) is 0. The molecule has 0 radical (unpaired) electrons. The molecule has 0 amide bonds. The number of nitrogens with one attached hydrogen (secondary N) is 1. The molecule has 4 heteroatoms. The molecule has 0 rings (SSSR count). The summed E-state index contributed by atoms with van der Waals surface area (Å²) >= 11 is 0. The lowest BCUT2D eigenvalue weighted by Gasteiger charge is -2.10. The van der Waals surface area contributed by atoms with Crippen molar-refractivity contribution in [1.29, 1.82) is 0 Å². The van der Waals surface area contributed by atoms with Gasteiger partial charge >= 0.3 is 0 Å². The zero-order valence-corrected chi connectivity index (χ0v) is 9.89. The third-order valence-corrected chi connectivity index (χ3v) is 1.23. The van der Waals surface area contributed by atoms with E-state index in [2.05, 4.69) is 38.0 Å². The molecule has 0 aromatic carbocycles. The van der Waals surface area contributed by atoms with Crippen LogP contribution >= 0.6 is 24.8 Å². The van der Waals surface area contributed by atoms with Crippen molar-refractivity contribution in [3.63, 3.8) is 0 Å². The van der Waals surface area contributed by atoms with Crippen LogP contribution < -0.4 is 5.32 Å². The summed E-state index contributed by atoms with van der Waals surface area (Å²) < 4.78 is 0. The minimum Gasteiger partial charge on any atom is -0.374 e. The van der Waals surface area contributed by atoms with Crippen molar-refractivity contribution in [2.24, 2.45) is 10.9 Å². The molecule has 0 spiro atoms. The second kappa shape index (κ2) is 11.1. The lowest BCUT2D eigenvalue weighted by molar-refractivity contribution is 0.794. The highest BCUT2D eigenvalue weighted by Gasteiger charge is 2.00. The lowest BCUT2D eigenvalue weighted by Crippen LogP contribution is -2.27. The summed E-state index contributed by atoms with van der Waals surface area (Å²) in [4.78, 5) is 4.32. The van der Waals surface area contributed by atoms with Crippen molar-refractivity contribution in [1.82, 2.24) is 5.32 Å². The molecule has 0 aliphatic heterocycles. The summed E-state index contributed by atoms with van der Waals surface area (Å²) in [7, 11) is 0. The second-order valence-corrected chi connectivity index (χ2v) is 2.54. The summed E-state index contributed by atoms with van der Waals surface area (Å²) in [5.41, 5.74) is 0. The Labute approximate surface area is 88.0 Å². The highest BCUT2D eigenvalue weighted by molar-refractivity contribution is 5.85. The second-order valence-electron chi connectivity index (χ2n) is 2.54. The SMILES string of the molecule is CC/N=C(/NCC)C(C)C.Cl.Cl. The van der Waals surface area contributed by atoms with Crippen LogP contribution in [0.5, 0.6) is 0 Å². The smallest absolute Gasteiger partial charge is 0.0988 e. The maximum atomic E-state index is 4.32. The molecule has 0 atom stereocenters. The Kier molecular flexibility index (Phi) is 16.5. The molecule has 0 aliphatic rings. The van der Waals surface area contributed by atoms with Crippen molar-refractivity contribution in [2.45, 2.75) is 27.7 Å². The van der Waals surface area contributed by atoms with E-state index in [1.807, 2.05) is 0 Å². The summed E-state index contributed by atoms with van der Waals surface area (Å²) in [5, 5.41) is 3.23. The van der Waals surface area contributed by atoms with Gasteiger partial charge in [0.1, 0.15) is 0 Å². The number of halogens is 2. The lowest BCUT2D eigenvalue weighted by atomic mass is 10.2. The summed E-state index contributed by atoms with van der Waals surface area (Å²) in [5.74, 6) is 1.66. The molecule has 76 valence electrons. The van der Waals surface area contributed by atoms with Crippen LogP contribution in [-0.4, -0.2) is 18.9 Å². The van der Waals surface area contributed by atoms with E-state index in [1.54, 1.807) is 0 Å². The molecule has 0 aliphatic carbocycles. The number of hydrogen-bond acceptors (Lipinski definition) is 1. The van der Waals surface area contributed by atoms with Crippen LogP contribution in [0.4, 0.5) is 0 Å². The van der Waals surface area contributed by atoms with Crippen LogP contribution in [0, 0.1) is 5.92 Å². The Morgan fingerprint density at radius 2 is 1.75 bits per heavy atom. The Morgan fingerprint density at radius 1 is 1.25 bits per heavy atom. The zero-order chi connectivity index (χ0) is 7.98. The number of hydrogen-bond donors (Lipinski definition) is 1. The average molecular weight is 215 g/mol.